The molecule has 0 saturated heterocycles. The second-order valence-electron chi connectivity index (χ2n) is 10.2. The Balaban J connectivity index is 1.19. The minimum absolute atomic E-state index is 0.0293. The number of carbonyl (C=O) groups is 2. The maximum Gasteiger partial charge on any atom is 0.311 e. The molecule has 0 heterocycles. The standard InChI is InChI=1S/C36H34O10S2/c1-3-25-43-27-9-17-31(18-10-27)47(39,40)33-21-13-29(14-22-33)45-35(37)7-5-6-8-36(38)46-30-15-23-34(24-16-30)48(41,42)32-19-11-28(12-20-32)44-26-4-2/h3-4,9-24H,1-2,5-8,25-26H2. The second-order valence-corrected chi connectivity index (χ2v) is 14.1. The lowest BCUT2D eigenvalue weighted by Crippen LogP contribution is -2.10. The highest BCUT2D eigenvalue weighted by molar-refractivity contribution is 7.91. The average molecular weight is 691 g/mol. The zero-order valence-corrected chi connectivity index (χ0v) is 27.6. The molecule has 4 aromatic carbocycles. The third-order valence-electron chi connectivity index (χ3n) is 6.75. The number of hydrogen-bond acceptors (Lipinski definition) is 10. The van der Waals surface area contributed by atoms with Crippen LogP contribution in [-0.2, 0) is 29.3 Å². The highest BCUT2D eigenvalue weighted by Gasteiger charge is 2.19. The summed E-state index contributed by atoms with van der Waals surface area (Å²) in [5.41, 5.74) is 0. The molecule has 0 atom stereocenters. The Hall–Kier alpha value is -5.20. The van der Waals surface area contributed by atoms with Gasteiger partial charge in [0, 0.05) is 12.8 Å². The topological polar surface area (TPSA) is 139 Å². The molecule has 0 aliphatic heterocycles. The maximum atomic E-state index is 12.9. The predicted molar refractivity (Wildman–Crippen MR) is 178 cm³/mol. The van der Waals surface area contributed by atoms with E-state index in [4.69, 9.17) is 18.9 Å². The quantitative estimate of drug-likeness (QED) is 0.0518. The first-order valence-corrected chi connectivity index (χ1v) is 17.8. The Morgan fingerprint density at radius 3 is 1.02 bits per heavy atom. The summed E-state index contributed by atoms with van der Waals surface area (Å²) in [7, 11) is -7.57. The van der Waals surface area contributed by atoms with Crippen molar-refractivity contribution < 1.29 is 45.4 Å². The number of esters is 2. The predicted octanol–water partition coefficient (Wildman–Crippen LogP) is 6.55. The SMILES string of the molecule is C=CCOc1ccc(S(=O)(=O)c2ccc(OC(=O)CCCCC(=O)Oc3ccc(S(=O)(=O)c4ccc(OCC=C)cc4)cc3)cc2)cc1. The van der Waals surface area contributed by atoms with Crippen LogP contribution in [0.1, 0.15) is 25.7 Å². The first-order chi connectivity index (χ1) is 23.0. The van der Waals surface area contributed by atoms with E-state index < -0.39 is 31.6 Å². The van der Waals surface area contributed by atoms with E-state index in [1.54, 1.807) is 36.4 Å². The third-order valence-corrected chi connectivity index (χ3v) is 10.3. The van der Waals surface area contributed by atoms with Gasteiger partial charge in [-0.05, 0) is 110 Å². The zero-order chi connectivity index (χ0) is 34.6. The van der Waals surface area contributed by atoms with Crippen LogP contribution in [0, 0.1) is 0 Å². The number of unbranched alkanes of at least 4 members (excludes halogenated alkanes) is 1. The summed E-state index contributed by atoms with van der Waals surface area (Å²) in [5.74, 6) is 0.332. The Morgan fingerprint density at radius 2 is 0.750 bits per heavy atom. The Kier molecular flexibility index (Phi) is 12.3. The monoisotopic (exact) mass is 690 g/mol. The van der Waals surface area contributed by atoms with Crippen molar-refractivity contribution >= 4 is 31.6 Å². The van der Waals surface area contributed by atoms with Crippen molar-refractivity contribution in [2.75, 3.05) is 13.2 Å². The van der Waals surface area contributed by atoms with Crippen molar-refractivity contribution in [2.24, 2.45) is 0 Å². The molecule has 0 aliphatic rings. The molecule has 0 N–H and O–H groups in total. The van der Waals surface area contributed by atoms with Crippen LogP contribution in [0.4, 0.5) is 0 Å². The van der Waals surface area contributed by atoms with Crippen molar-refractivity contribution in [2.45, 2.75) is 45.3 Å². The van der Waals surface area contributed by atoms with E-state index in [-0.39, 0.29) is 43.9 Å². The van der Waals surface area contributed by atoms with Gasteiger partial charge in [-0.1, -0.05) is 25.3 Å². The number of ether oxygens (including phenoxy) is 4. The van der Waals surface area contributed by atoms with E-state index in [1.807, 2.05) is 0 Å². The fourth-order valence-electron chi connectivity index (χ4n) is 4.29. The van der Waals surface area contributed by atoms with Crippen LogP contribution in [0.15, 0.2) is 142 Å². The highest BCUT2D eigenvalue weighted by atomic mass is 32.2. The fraction of sp³-hybridized carbons (Fsp3) is 0.167. The van der Waals surface area contributed by atoms with Crippen molar-refractivity contribution in [3.05, 3.63) is 122 Å². The molecular formula is C36H34O10S2. The molecule has 4 aromatic rings. The molecule has 4 rings (SSSR count). The second kappa shape index (κ2) is 16.6. The number of sulfone groups is 2. The van der Waals surface area contributed by atoms with Crippen LogP contribution in [0.25, 0.3) is 0 Å². The van der Waals surface area contributed by atoms with Crippen LogP contribution >= 0.6 is 0 Å². The molecule has 0 bridgehead atoms. The first kappa shape index (κ1) is 35.7. The molecule has 0 aromatic heterocycles. The van der Waals surface area contributed by atoms with Gasteiger partial charge < -0.3 is 18.9 Å². The van der Waals surface area contributed by atoms with Gasteiger partial charge in [-0.3, -0.25) is 9.59 Å². The van der Waals surface area contributed by atoms with Crippen molar-refractivity contribution in [3.63, 3.8) is 0 Å². The van der Waals surface area contributed by atoms with Gasteiger partial charge in [0.2, 0.25) is 19.7 Å². The highest BCUT2D eigenvalue weighted by Crippen LogP contribution is 2.27. The first-order valence-electron chi connectivity index (χ1n) is 14.8. The van der Waals surface area contributed by atoms with E-state index >= 15 is 0 Å². The van der Waals surface area contributed by atoms with Gasteiger partial charge in [0.1, 0.15) is 36.2 Å². The molecule has 0 unspecified atom stereocenters. The van der Waals surface area contributed by atoms with Crippen LogP contribution in [0.2, 0.25) is 0 Å². The number of rotatable bonds is 17. The van der Waals surface area contributed by atoms with Gasteiger partial charge >= 0.3 is 11.9 Å². The summed E-state index contributed by atoms with van der Waals surface area (Å²) in [4.78, 5) is 24.9. The normalized spacial score (nSPS) is 11.2. The number of carbonyl (C=O) groups excluding carboxylic acids is 2. The molecule has 0 spiro atoms. The summed E-state index contributed by atoms with van der Waals surface area (Å²) in [6.45, 7) is 7.74. The van der Waals surface area contributed by atoms with E-state index in [2.05, 4.69) is 13.2 Å². The van der Waals surface area contributed by atoms with Crippen molar-refractivity contribution in [3.8, 4) is 23.0 Å². The average Bonchev–Trinajstić information content (AvgIpc) is 3.09. The number of hydrogen-bond donors (Lipinski definition) is 0. The molecule has 12 heteroatoms. The van der Waals surface area contributed by atoms with Crippen LogP contribution < -0.4 is 18.9 Å². The molecule has 48 heavy (non-hydrogen) atoms. The van der Waals surface area contributed by atoms with Gasteiger partial charge in [0.15, 0.2) is 0 Å². The Labute approximate surface area is 280 Å². The maximum absolute atomic E-state index is 12.9. The molecule has 0 radical (unpaired) electrons. The van der Waals surface area contributed by atoms with Crippen LogP contribution in [0.3, 0.4) is 0 Å². The van der Waals surface area contributed by atoms with Crippen molar-refractivity contribution in [1.82, 2.24) is 0 Å². The van der Waals surface area contributed by atoms with Gasteiger partial charge in [-0.2, -0.15) is 0 Å². The molecule has 0 aliphatic carbocycles. The summed E-state index contributed by atoms with van der Waals surface area (Å²) in [6.07, 6.45) is 3.93. The minimum atomic E-state index is -3.79. The van der Waals surface area contributed by atoms with Crippen LogP contribution in [-0.4, -0.2) is 42.0 Å². The van der Waals surface area contributed by atoms with E-state index in [1.165, 1.54) is 72.8 Å². The van der Waals surface area contributed by atoms with E-state index in [9.17, 15) is 26.4 Å². The molecule has 0 amide bonds. The molecule has 0 fully saturated rings. The van der Waals surface area contributed by atoms with Crippen molar-refractivity contribution in [1.29, 1.82) is 0 Å². The van der Waals surface area contributed by atoms with Gasteiger partial charge in [0.25, 0.3) is 0 Å². The number of benzene rings is 4. The molecule has 250 valence electrons. The van der Waals surface area contributed by atoms with E-state index in [0.29, 0.717) is 37.6 Å². The van der Waals surface area contributed by atoms with Gasteiger partial charge in [-0.25, -0.2) is 16.8 Å². The Bertz CT molecular complexity index is 1790. The molecule has 0 saturated carbocycles. The lowest BCUT2D eigenvalue weighted by molar-refractivity contribution is -0.136. The zero-order valence-electron chi connectivity index (χ0n) is 25.9. The molecule has 10 nitrogen and oxygen atoms in total. The van der Waals surface area contributed by atoms with Crippen LogP contribution in [0.5, 0.6) is 23.0 Å². The summed E-state index contributed by atoms with van der Waals surface area (Å²) in [6, 6.07) is 23.1. The summed E-state index contributed by atoms with van der Waals surface area (Å²) < 4.78 is 73.2. The smallest absolute Gasteiger partial charge is 0.311 e. The third kappa shape index (κ3) is 9.66. The minimum Gasteiger partial charge on any atom is -0.490 e. The summed E-state index contributed by atoms with van der Waals surface area (Å²) in [5, 5.41) is 0. The fourth-order valence-corrected chi connectivity index (χ4v) is 6.81. The van der Waals surface area contributed by atoms with Gasteiger partial charge in [0.05, 0.1) is 19.6 Å². The largest absolute Gasteiger partial charge is 0.490 e. The van der Waals surface area contributed by atoms with Gasteiger partial charge in [-0.15, -0.1) is 0 Å². The lowest BCUT2D eigenvalue weighted by Gasteiger charge is -2.09. The Morgan fingerprint density at radius 1 is 0.479 bits per heavy atom. The molecular weight excluding hydrogens is 657 g/mol. The summed E-state index contributed by atoms with van der Waals surface area (Å²) >= 11 is 0. The lowest BCUT2D eigenvalue weighted by atomic mass is 10.2. The van der Waals surface area contributed by atoms with E-state index in [0.717, 1.165) is 0 Å².